The van der Waals surface area contributed by atoms with Crippen LogP contribution in [-0.2, 0) is 4.79 Å². The molecule has 0 aromatic rings. The number of carbonyl (C=O) groups excluding carboxylic acids is 1. The zero-order valence-corrected chi connectivity index (χ0v) is 11.9. The molecule has 1 saturated heterocycles. The number of nitrogens with zero attached hydrogens (tertiary/aromatic N) is 1. The molecule has 18 heavy (non-hydrogen) atoms. The maximum atomic E-state index is 11.8. The van der Waals surface area contributed by atoms with Gasteiger partial charge in [0.15, 0.2) is 0 Å². The van der Waals surface area contributed by atoms with E-state index in [9.17, 15) is 4.79 Å². The van der Waals surface area contributed by atoms with Gasteiger partial charge in [0, 0.05) is 38.6 Å². The van der Waals surface area contributed by atoms with Crippen LogP contribution < -0.4 is 10.6 Å². The second-order valence-corrected chi connectivity index (χ2v) is 5.22. The molecule has 1 aliphatic carbocycles. The Morgan fingerprint density at radius 3 is 2.56 bits per heavy atom. The predicted molar refractivity (Wildman–Crippen MR) is 76.1 cm³/mol. The lowest BCUT2D eigenvalue weighted by Gasteiger charge is -2.27. The predicted octanol–water partition coefficient (Wildman–Crippen LogP) is 1.01. The third-order valence-corrected chi connectivity index (χ3v) is 3.89. The molecular weight excluding hydrogens is 250 g/mol. The quantitative estimate of drug-likeness (QED) is 0.736. The van der Waals surface area contributed by atoms with E-state index >= 15 is 0 Å². The zero-order chi connectivity index (χ0) is 11.9. The lowest BCUT2D eigenvalue weighted by atomic mass is 10.1. The smallest absolute Gasteiger partial charge is 0.223 e. The Morgan fingerprint density at radius 2 is 1.89 bits per heavy atom. The minimum absolute atomic E-state index is 0. The summed E-state index contributed by atoms with van der Waals surface area (Å²) in [6, 6.07) is 0. The number of piperazine rings is 1. The van der Waals surface area contributed by atoms with Gasteiger partial charge in [0.05, 0.1) is 0 Å². The van der Waals surface area contributed by atoms with E-state index in [1.807, 2.05) is 0 Å². The topological polar surface area (TPSA) is 44.4 Å². The summed E-state index contributed by atoms with van der Waals surface area (Å²) < 4.78 is 0. The number of hydrogen-bond donors (Lipinski definition) is 2. The van der Waals surface area contributed by atoms with Gasteiger partial charge in [0.25, 0.3) is 0 Å². The number of hydrogen-bond acceptors (Lipinski definition) is 3. The number of halogens is 1. The molecule has 1 amide bonds. The molecule has 0 atom stereocenters. The fraction of sp³-hybridized carbons (Fsp3) is 0.923. The van der Waals surface area contributed by atoms with Crippen molar-refractivity contribution in [1.82, 2.24) is 15.5 Å². The van der Waals surface area contributed by atoms with Gasteiger partial charge in [-0.25, -0.2) is 0 Å². The van der Waals surface area contributed by atoms with Gasteiger partial charge in [-0.2, -0.15) is 0 Å². The first kappa shape index (κ1) is 15.7. The third kappa shape index (κ3) is 5.12. The first-order chi connectivity index (χ1) is 8.36. The fourth-order valence-corrected chi connectivity index (χ4v) is 2.78. The van der Waals surface area contributed by atoms with Crippen molar-refractivity contribution in [3.05, 3.63) is 0 Å². The minimum Gasteiger partial charge on any atom is -0.356 e. The Hall–Kier alpha value is -0.320. The van der Waals surface area contributed by atoms with Crippen molar-refractivity contribution >= 4 is 18.3 Å². The summed E-state index contributed by atoms with van der Waals surface area (Å²) in [6.45, 7) is 6.47. The highest BCUT2D eigenvalue weighted by atomic mass is 35.5. The summed E-state index contributed by atoms with van der Waals surface area (Å²) in [7, 11) is 0. The van der Waals surface area contributed by atoms with Gasteiger partial charge in [-0.05, 0) is 25.8 Å². The van der Waals surface area contributed by atoms with Crippen molar-refractivity contribution in [1.29, 1.82) is 0 Å². The molecule has 0 radical (unpaired) electrons. The van der Waals surface area contributed by atoms with E-state index in [-0.39, 0.29) is 12.4 Å². The molecule has 4 nitrogen and oxygen atoms in total. The molecule has 0 bridgehead atoms. The Balaban J connectivity index is 0.00000162. The second-order valence-electron chi connectivity index (χ2n) is 5.22. The van der Waals surface area contributed by atoms with Crippen LogP contribution in [0.25, 0.3) is 0 Å². The monoisotopic (exact) mass is 275 g/mol. The van der Waals surface area contributed by atoms with Gasteiger partial charge in [-0.15, -0.1) is 12.4 Å². The molecule has 1 aliphatic heterocycles. The first-order valence-electron chi connectivity index (χ1n) is 7.07. The maximum absolute atomic E-state index is 11.8. The summed E-state index contributed by atoms with van der Waals surface area (Å²) in [4.78, 5) is 14.2. The average molecular weight is 276 g/mol. The van der Waals surface area contributed by atoms with Crippen LogP contribution in [0.2, 0.25) is 0 Å². The standard InChI is InChI=1S/C13H25N3O.ClH/c17-13(12-4-1-2-5-12)15-6-3-9-16-10-7-14-8-11-16;/h12,14H,1-11H2,(H,15,17);1H. The summed E-state index contributed by atoms with van der Waals surface area (Å²) >= 11 is 0. The zero-order valence-electron chi connectivity index (χ0n) is 11.1. The van der Waals surface area contributed by atoms with E-state index in [0.29, 0.717) is 11.8 Å². The van der Waals surface area contributed by atoms with Crippen molar-refractivity contribution in [2.45, 2.75) is 32.1 Å². The number of amides is 1. The van der Waals surface area contributed by atoms with Gasteiger partial charge < -0.3 is 15.5 Å². The van der Waals surface area contributed by atoms with Crippen LogP contribution in [0.3, 0.4) is 0 Å². The van der Waals surface area contributed by atoms with Crippen LogP contribution in [0, 0.1) is 5.92 Å². The number of carbonyl (C=O) groups is 1. The molecule has 0 unspecified atom stereocenters. The fourth-order valence-electron chi connectivity index (χ4n) is 2.78. The summed E-state index contributed by atoms with van der Waals surface area (Å²) in [5.74, 6) is 0.608. The van der Waals surface area contributed by atoms with Crippen LogP contribution in [-0.4, -0.2) is 50.1 Å². The highest BCUT2D eigenvalue weighted by Gasteiger charge is 2.21. The molecule has 2 N–H and O–H groups in total. The lowest BCUT2D eigenvalue weighted by molar-refractivity contribution is -0.124. The van der Waals surface area contributed by atoms with Crippen molar-refractivity contribution in [3.8, 4) is 0 Å². The number of nitrogens with one attached hydrogen (secondary N) is 2. The number of rotatable bonds is 5. The van der Waals surface area contributed by atoms with E-state index < -0.39 is 0 Å². The van der Waals surface area contributed by atoms with Gasteiger partial charge in [0.2, 0.25) is 5.91 Å². The van der Waals surface area contributed by atoms with Gasteiger partial charge in [0.1, 0.15) is 0 Å². The Bertz CT molecular complexity index is 238. The van der Waals surface area contributed by atoms with Gasteiger partial charge in [-0.3, -0.25) is 4.79 Å². The molecule has 2 rings (SSSR count). The Labute approximate surface area is 116 Å². The van der Waals surface area contributed by atoms with Crippen molar-refractivity contribution < 1.29 is 4.79 Å². The Morgan fingerprint density at radius 1 is 1.22 bits per heavy atom. The molecule has 106 valence electrons. The molecule has 2 aliphatic rings. The molecule has 5 heteroatoms. The average Bonchev–Trinajstić information content (AvgIpc) is 2.89. The first-order valence-corrected chi connectivity index (χ1v) is 7.07. The van der Waals surface area contributed by atoms with Crippen molar-refractivity contribution in [3.63, 3.8) is 0 Å². The summed E-state index contributed by atoms with van der Waals surface area (Å²) in [6.07, 6.45) is 5.75. The molecule has 2 fully saturated rings. The lowest BCUT2D eigenvalue weighted by Crippen LogP contribution is -2.44. The van der Waals surface area contributed by atoms with Gasteiger partial charge in [-0.1, -0.05) is 12.8 Å². The second kappa shape index (κ2) is 8.73. The van der Waals surface area contributed by atoms with Gasteiger partial charge >= 0.3 is 0 Å². The maximum Gasteiger partial charge on any atom is 0.223 e. The normalized spacial score (nSPS) is 21.6. The van der Waals surface area contributed by atoms with Crippen LogP contribution in [0.5, 0.6) is 0 Å². The molecule has 0 aromatic heterocycles. The summed E-state index contributed by atoms with van der Waals surface area (Å²) in [5, 5.41) is 6.43. The van der Waals surface area contributed by atoms with E-state index in [0.717, 1.165) is 58.5 Å². The van der Waals surface area contributed by atoms with Crippen LogP contribution in [0.4, 0.5) is 0 Å². The largest absolute Gasteiger partial charge is 0.356 e. The van der Waals surface area contributed by atoms with E-state index in [1.165, 1.54) is 12.8 Å². The molecular formula is C13H26ClN3O. The third-order valence-electron chi connectivity index (χ3n) is 3.89. The highest BCUT2D eigenvalue weighted by molar-refractivity contribution is 5.85. The SMILES string of the molecule is Cl.O=C(NCCCN1CCNCC1)C1CCCC1. The van der Waals surface area contributed by atoms with Crippen molar-refractivity contribution in [2.75, 3.05) is 39.3 Å². The van der Waals surface area contributed by atoms with E-state index in [2.05, 4.69) is 15.5 Å². The molecule has 1 heterocycles. The van der Waals surface area contributed by atoms with E-state index in [1.54, 1.807) is 0 Å². The highest BCUT2D eigenvalue weighted by Crippen LogP contribution is 2.24. The minimum atomic E-state index is 0. The molecule has 1 saturated carbocycles. The van der Waals surface area contributed by atoms with Crippen LogP contribution >= 0.6 is 12.4 Å². The van der Waals surface area contributed by atoms with Crippen LogP contribution in [0.15, 0.2) is 0 Å². The van der Waals surface area contributed by atoms with E-state index in [4.69, 9.17) is 0 Å². The van der Waals surface area contributed by atoms with Crippen molar-refractivity contribution in [2.24, 2.45) is 5.92 Å². The Kier molecular flexibility index (Phi) is 7.63. The molecule has 0 aromatic carbocycles. The summed E-state index contributed by atoms with van der Waals surface area (Å²) in [5.41, 5.74) is 0. The molecule has 0 spiro atoms. The van der Waals surface area contributed by atoms with Crippen LogP contribution in [0.1, 0.15) is 32.1 Å².